The summed E-state index contributed by atoms with van der Waals surface area (Å²) in [5, 5.41) is 4.10. The minimum absolute atomic E-state index is 0.0581. The van der Waals surface area contributed by atoms with Gasteiger partial charge in [-0.2, -0.15) is 0 Å². The van der Waals surface area contributed by atoms with Crippen LogP contribution in [0.25, 0.3) is 5.00 Å². The van der Waals surface area contributed by atoms with E-state index in [1.54, 1.807) is 23.5 Å². The van der Waals surface area contributed by atoms with Gasteiger partial charge in [-0.05, 0) is 94.5 Å². The fraction of sp³-hybridized carbons (Fsp3) is 0.241. The van der Waals surface area contributed by atoms with Crippen molar-refractivity contribution in [2.45, 2.75) is 46.5 Å². The molecule has 0 unspecified atom stereocenters. The van der Waals surface area contributed by atoms with Crippen LogP contribution in [0.5, 0.6) is 0 Å². The number of anilines is 1. The number of halogens is 1. The summed E-state index contributed by atoms with van der Waals surface area (Å²) >= 11 is 1.73. The van der Waals surface area contributed by atoms with Gasteiger partial charge < -0.3 is 9.88 Å². The van der Waals surface area contributed by atoms with Crippen LogP contribution >= 0.6 is 11.3 Å². The van der Waals surface area contributed by atoms with E-state index in [-0.39, 0.29) is 11.7 Å². The lowest BCUT2D eigenvalue weighted by molar-refractivity contribution is 0.102. The normalized spacial score (nSPS) is 13.3. The molecule has 5 rings (SSSR count). The molecule has 2 heterocycles. The zero-order chi connectivity index (χ0) is 24.5. The summed E-state index contributed by atoms with van der Waals surface area (Å²) < 4.78 is 15.4. The van der Waals surface area contributed by atoms with Crippen molar-refractivity contribution in [3.8, 4) is 5.00 Å². The maximum absolute atomic E-state index is 13.6. The first-order chi connectivity index (χ1) is 16.9. The summed E-state index contributed by atoms with van der Waals surface area (Å²) in [5.74, 6) is -0.336. The van der Waals surface area contributed by atoms with E-state index >= 15 is 0 Å². The van der Waals surface area contributed by atoms with Crippen molar-refractivity contribution in [1.29, 1.82) is 0 Å². The highest BCUT2D eigenvalue weighted by molar-refractivity contribution is 7.15. The lowest BCUT2D eigenvalue weighted by atomic mass is 9.95. The number of aliphatic imine (C=N–C) groups is 1. The molecule has 35 heavy (non-hydrogen) atoms. The Kier molecular flexibility index (Phi) is 6.39. The zero-order valence-corrected chi connectivity index (χ0v) is 21.0. The highest BCUT2D eigenvalue weighted by Crippen LogP contribution is 2.39. The summed E-state index contributed by atoms with van der Waals surface area (Å²) in [6.45, 7) is 6.15. The van der Waals surface area contributed by atoms with Crippen molar-refractivity contribution in [2.75, 3.05) is 5.32 Å². The van der Waals surface area contributed by atoms with Crippen LogP contribution in [0.2, 0.25) is 0 Å². The Morgan fingerprint density at radius 1 is 1.03 bits per heavy atom. The van der Waals surface area contributed by atoms with Gasteiger partial charge in [0.1, 0.15) is 10.8 Å². The molecule has 2 aromatic heterocycles. The third-order valence-corrected chi connectivity index (χ3v) is 7.82. The van der Waals surface area contributed by atoms with Crippen LogP contribution in [0.1, 0.15) is 56.2 Å². The van der Waals surface area contributed by atoms with Crippen molar-refractivity contribution >= 4 is 34.8 Å². The molecule has 0 aliphatic heterocycles. The molecule has 0 saturated carbocycles. The number of carbonyl (C=O) groups is 1. The molecule has 6 heteroatoms. The number of hydrogen-bond donors (Lipinski definition) is 1. The van der Waals surface area contributed by atoms with E-state index in [0.29, 0.717) is 5.69 Å². The Morgan fingerprint density at radius 3 is 2.49 bits per heavy atom. The van der Waals surface area contributed by atoms with Gasteiger partial charge in [-0.15, -0.1) is 11.3 Å². The number of aromatic nitrogens is 1. The Hall–Kier alpha value is -3.51. The summed E-state index contributed by atoms with van der Waals surface area (Å²) in [4.78, 5) is 19.5. The number of nitrogens with zero attached hydrogens (tertiary/aromatic N) is 2. The predicted octanol–water partition coefficient (Wildman–Crippen LogP) is 7.48. The van der Waals surface area contributed by atoms with Gasteiger partial charge >= 0.3 is 0 Å². The minimum Gasteiger partial charge on any atom is -0.322 e. The summed E-state index contributed by atoms with van der Waals surface area (Å²) in [7, 11) is 0. The number of thiophene rings is 1. The van der Waals surface area contributed by atoms with Gasteiger partial charge in [-0.1, -0.05) is 17.7 Å². The number of carbonyl (C=O) groups excluding carboxylic acids is 1. The predicted molar refractivity (Wildman–Crippen MR) is 143 cm³/mol. The van der Waals surface area contributed by atoms with Gasteiger partial charge in [-0.3, -0.25) is 9.79 Å². The summed E-state index contributed by atoms with van der Waals surface area (Å²) in [6, 6.07) is 16.1. The topological polar surface area (TPSA) is 46.4 Å². The monoisotopic (exact) mass is 485 g/mol. The zero-order valence-electron chi connectivity index (χ0n) is 20.2. The van der Waals surface area contributed by atoms with Crippen molar-refractivity contribution < 1.29 is 9.18 Å². The molecule has 0 radical (unpaired) electrons. The Labute approximate surface area is 209 Å². The molecular weight excluding hydrogens is 457 g/mol. The highest BCUT2D eigenvalue weighted by Gasteiger charge is 2.28. The van der Waals surface area contributed by atoms with Gasteiger partial charge in [0.05, 0.1) is 11.3 Å². The van der Waals surface area contributed by atoms with Crippen molar-refractivity contribution in [3.05, 3.63) is 98.9 Å². The molecule has 1 amide bonds. The molecule has 4 nitrogen and oxygen atoms in total. The fourth-order valence-electron chi connectivity index (χ4n) is 4.68. The Balaban J connectivity index is 1.54. The van der Waals surface area contributed by atoms with Crippen molar-refractivity contribution in [1.82, 2.24) is 4.57 Å². The first kappa shape index (κ1) is 23.2. The first-order valence-corrected chi connectivity index (χ1v) is 12.7. The fourth-order valence-corrected chi connectivity index (χ4v) is 6.17. The third kappa shape index (κ3) is 4.71. The van der Waals surface area contributed by atoms with Crippen LogP contribution < -0.4 is 5.32 Å². The third-order valence-electron chi connectivity index (χ3n) is 6.54. The van der Waals surface area contributed by atoms with E-state index in [1.165, 1.54) is 22.6 Å². The number of rotatable bonds is 5. The molecule has 1 aliphatic rings. The van der Waals surface area contributed by atoms with Gasteiger partial charge in [-0.25, -0.2) is 4.39 Å². The van der Waals surface area contributed by atoms with Crippen LogP contribution in [-0.4, -0.2) is 16.7 Å². The molecular formula is C29H28FN3OS. The van der Waals surface area contributed by atoms with Crippen LogP contribution in [0.4, 0.5) is 15.8 Å². The maximum atomic E-state index is 13.6. The number of amides is 1. The number of nitrogens with one attached hydrogen (secondary N) is 1. The maximum Gasteiger partial charge on any atom is 0.258 e. The summed E-state index contributed by atoms with van der Waals surface area (Å²) in [5.41, 5.74) is 7.68. The minimum atomic E-state index is -0.278. The van der Waals surface area contributed by atoms with E-state index in [1.807, 2.05) is 37.4 Å². The molecule has 0 atom stereocenters. The largest absolute Gasteiger partial charge is 0.322 e. The quantitative estimate of drug-likeness (QED) is 0.293. The number of hydrogen-bond acceptors (Lipinski definition) is 3. The smallest absolute Gasteiger partial charge is 0.258 e. The highest BCUT2D eigenvalue weighted by atomic mass is 32.1. The summed E-state index contributed by atoms with van der Waals surface area (Å²) in [6.07, 6.45) is 6.02. The van der Waals surface area contributed by atoms with E-state index in [4.69, 9.17) is 0 Å². The second-order valence-corrected chi connectivity index (χ2v) is 10.2. The average molecular weight is 486 g/mol. The number of fused-ring (bicyclic) bond motifs is 1. The van der Waals surface area contributed by atoms with Gasteiger partial charge in [0.25, 0.3) is 5.91 Å². The molecule has 2 aromatic carbocycles. The van der Waals surface area contributed by atoms with Gasteiger partial charge in [0.2, 0.25) is 0 Å². The van der Waals surface area contributed by atoms with E-state index in [2.05, 4.69) is 34.8 Å². The lowest BCUT2D eigenvalue weighted by Gasteiger charge is -2.14. The second-order valence-electron chi connectivity index (χ2n) is 9.11. The SMILES string of the molecule is Cc1ccc(NC(=O)c2c(-n3c(C)cc(C=Nc4ccc(F)cc4)c3C)sc3c2CCCC3)cc1. The molecule has 4 aromatic rings. The van der Waals surface area contributed by atoms with Crippen LogP contribution in [-0.2, 0) is 12.8 Å². The van der Waals surface area contributed by atoms with Crippen LogP contribution in [0.15, 0.2) is 59.6 Å². The lowest BCUT2D eigenvalue weighted by Crippen LogP contribution is -2.17. The van der Waals surface area contributed by atoms with E-state index in [9.17, 15) is 9.18 Å². The first-order valence-electron chi connectivity index (χ1n) is 11.9. The van der Waals surface area contributed by atoms with E-state index in [0.717, 1.165) is 64.4 Å². The Morgan fingerprint density at radius 2 is 1.74 bits per heavy atom. The van der Waals surface area contributed by atoms with Crippen LogP contribution in [0.3, 0.4) is 0 Å². The average Bonchev–Trinajstić information content (AvgIpc) is 3.36. The van der Waals surface area contributed by atoms with Gasteiger partial charge in [0.15, 0.2) is 0 Å². The standard InChI is InChI=1S/C29H28FN3OS/c1-18-8-12-24(13-9-18)32-28(34)27-25-6-4-5-7-26(25)35-29(27)33-19(2)16-21(20(33)3)17-31-23-14-10-22(30)11-15-23/h8-17H,4-7H2,1-3H3,(H,32,34). The van der Waals surface area contributed by atoms with Gasteiger partial charge in [0, 0.05) is 33.7 Å². The number of aryl methyl sites for hydroxylation is 3. The molecule has 0 saturated heterocycles. The van der Waals surface area contributed by atoms with Crippen molar-refractivity contribution in [3.63, 3.8) is 0 Å². The molecule has 0 fully saturated rings. The molecule has 178 valence electrons. The second kappa shape index (κ2) is 9.62. The molecule has 0 spiro atoms. The molecule has 1 N–H and O–H groups in total. The number of benzene rings is 2. The molecule has 1 aliphatic carbocycles. The Bertz CT molecular complexity index is 1410. The van der Waals surface area contributed by atoms with E-state index < -0.39 is 0 Å². The molecule has 0 bridgehead atoms. The van der Waals surface area contributed by atoms with Crippen LogP contribution in [0, 0.1) is 26.6 Å². The van der Waals surface area contributed by atoms with Crippen molar-refractivity contribution in [2.24, 2.45) is 4.99 Å².